The topological polar surface area (TPSA) is 41.1 Å². The lowest BCUT2D eigenvalue weighted by Gasteiger charge is -2.35. The second-order valence-electron chi connectivity index (χ2n) is 5.32. The second kappa shape index (κ2) is 5.70. The minimum absolute atomic E-state index is 0.0562. The fourth-order valence-corrected chi connectivity index (χ4v) is 2.62. The first-order valence-corrected chi connectivity index (χ1v) is 6.86. The van der Waals surface area contributed by atoms with E-state index in [9.17, 15) is 9.18 Å². The van der Waals surface area contributed by atoms with Crippen LogP contribution in [0.5, 0.6) is 0 Å². The van der Waals surface area contributed by atoms with Crippen molar-refractivity contribution in [1.82, 2.24) is 5.32 Å². The third kappa shape index (κ3) is 2.95. The quantitative estimate of drug-likeness (QED) is 0.881. The minimum atomic E-state index is -0.367. The Morgan fingerprint density at radius 2 is 2.11 bits per heavy atom. The number of carbonyl (C=O) groups is 1. The first kappa shape index (κ1) is 14.0. The van der Waals surface area contributed by atoms with E-state index < -0.39 is 0 Å². The Hall–Kier alpha value is -1.42. The smallest absolute Gasteiger partial charge is 0.230 e. The maximum Gasteiger partial charge on any atom is 0.230 e. The first-order chi connectivity index (χ1) is 9.07. The standard InChI is InChI=1S/C15H21FN2O/c1-3-15(6-8-17-9-7-15)14(19)18-13-5-4-11(2)10-12(13)16/h4-5,10,17H,3,6-9H2,1-2H3,(H,18,19). The van der Waals surface area contributed by atoms with Crippen LogP contribution >= 0.6 is 0 Å². The Labute approximate surface area is 113 Å². The molecule has 0 radical (unpaired) electrons. The zero-order valence-corrected chi connectivity index (χ0v) is 11.6. The number of hydrogen-bond donors (Lipinski definition) is 2. The molecule has 4 heteroatoms. The van der Waals surface area contributed by atoms with Crippen molar-refractivity contribution in [3.63, 3.8) is 0 Å². The lowest BCUT2D eigenvalue weighted by molar-refractivity contribution is -0.127. The molecule has 0 saturated carbocycles. The largest absolute Gasteiger partial charge is 0.323 e. The van der Waals surface area contributed by atoms with Gasteiger partial charge in [-0.15, -0.1) is 0 Å². The van der Waals surface area contributed by atoms with Gasteiger partial charge in [0, 0.05) is 0 Å². The SMILES string of the molecule is CCC1(C(=O)Nc2ccc(C)cc2F)CCNCC1. The molecule has 1 aliphatic heterocycles. The summed E-state index contributed by atoms with van der Waals surface area (Å²) in [4.78, 5) is 12.5. The molecule has 1 saturated heterocycles. The fraction of sp³-hybridized carbons (Fsp3) is 0.533. The van der Waals surface area contributed by atoms with Gasteiger partial charge in [0.1, 0.15) is 5.82 Å². The maximum atomic E-state index is 13.8. The molecular formula is C15H21FN2O. The van der Waals surface area contributed by atoms with E-state index >= 15 is 0 Å². The molecule has 2 rings (SSSR count). The minimum Gasteiger partial charge on any atom is -0.323 e. The normalized spacial score (nSPS) is 18.1. The second-order valence-corrected chi connectivity index (χ2v) is 5.32. The van der Waals surface area contributed by atoms with Gasteiger partial charge < -0.3 is 10.6 Å². The third-order valence-corrected chi connectivity index (χ3v) is 4.09. The van der Waals surface area contributed by atoms with E-state index in [4.69, 9.17) is 0 Å². The molecule has 0 atom stereocenters. The summed E-state index contributed by atoms with van der Waals surface area (Å²) in [6, 6.07) is 4.88. The Bertz CT molecular complexity index is 467. The van der Waals surface area contributed by atoms with Gasteiger partial charge in [0.25, 0.3) is 0 Å². The summed E-state index contributed by atoms with van der Waals surface area (Å²) in [6.45, 7) is 5.54. The van der Waals surface area contributed by atoms with Gasteiger partial charge in [0.15, 0.2) is 0 Å². The molecule has 1 aromatic carbocycles. The molecule has 0 aliphatic carbocycles. The summed E-state index contributed by atoms with van der Waals surface area (Å²) in [5, 5.41) is 6.01. The third-order valence-electron chi connectivity index (χ3n) is 4.09. The molecule has 0 spiro atoms. The Balaban J connectivity index is 2.15. The molecule has 104 valence electrons. The number of rotatable bonds is 3. The van der Waals surface area contributed by atoms with Crippen molar-refractivity contribution in [1.29, 1.82) is 0 Å². The van der Waals surface area contributed by atoms with Crippen LogP contribution in [0, 0.1) is 18.2 Å². The highest BCUT2D eigenvalue weighted by atomic mass is 19.1. The molecule has 1 heterocycles. The predicted octanol–water partition coefficient (Wildman–Crippen LogP) is 2.85. The van der Waals surface area contributed by atoms with E-state index in [0.29, 0.717) is 0 Å². The van der Waals surface area contributed by atoms with Crippen molar-refractivity contribution < 1.29 is 9.18 Å². The van der Waals surface area contributed by atoms with Crippen LogP contribution in [0.3, 0.4) is 0 Å². The molecule has 19 heavy (non-hydrogen) atoms. The number of carbonyl (C=O) groups excluding carboxylic acids is 1. The molecule has 0 aromatic heterocycles. The molecule has 0 unspecified atom stereocenters. The summed E-state index contributed by atoms with van der Waals surface area (Å²) >= 11 is 0. The Morgan fingerprint density at radius 3 is 2.68 bits per heavy atom. The molecular weight excluding hydrogens is 243 g/mol. The highest BCUT2D eigenvalue weighted by molar-refractivity contribution is 5.95. The monoisotopic (exact) mass is 264 g/mol. The number of benzene rings is 1. The number of piperidine rings is 1. The van der Waals surface area contributed by atoms with Gasteiger partial charge in [-0.3, -0.25) is 4.79 Å². The van der Waals surface area contributed by atoms with Gasteiger partial charge in [-0.05, 0) is 57.0 Å². The van der Waals surface area contributed by atoms with Crippen LogP contribution in [0.25, 0.3) is 0 Å². The average molecular weight is 264 g/mol. The summed E-state index contributed by atoms with van der Waals surface area (Å²) in [6.07, 6.45) is 2.40. The maximum absolute atomic E-state index is 13.8. The van der Waals surface area contributed by atoms with E-state index in [1.807, 2.05) is 13.8 Å². The van der Waals surface area contributed by atoms with E-state index in [0.717, 1.165) is 37.9 Å². The van der Waals surface area contributed by atoms with Gasteiger partial charge in [-0.25, -0.2) is 4.39 Å². The molecule has 0 bridgehead atoms. The number of hydrogen-bond acceptors (Lipinski definition) is 2. The van der Waals surface area contributed by atoms with Gasteiger partial charge in [-0.2, -0.15) is 0 Å². The highest BCUT2D eigenvalue weighted by Crippen LogP contribution is 2.34. The van der Waals surface area contributed by atoms with E-state index in [1.54, 1.807) is 12.1 Å². The van der Waals surface area contributed by atoms with Crippen LogP contribution in [0.15, 0.2) is 18.2 Å². The van der Waals surface area contributed by atoms with Crippen molar-refractivity contribution in [2.45, 2.75) is 33.1 Å². The lowest BCUT2D eigenvalue weighted by atomic mass is 9.76. The Kier molecular flexibility index (Phi) is 4.20. The van der Waals surface area contributed by atoms with Crippen molar-refractivity contribution in [3.8, 4) is 0 Å². The molecule has 3 nitrogen and oxygen atoms in total. The van der Waals surface area contributed by atoms with Gasteiger partial charge in [0.2, 0.25) is 5.91 Å². The summed E-state index contributed by atoms with van der Waals surface area (Å²) in [5.41, 5.74) is 0.771. The number of nitrogens with one attached hydrogen (secondary N) is 2. The van der Waals surface area contributed by atoms with Crippen LogP contribution in [0.2, 0.25) is 0 Å². The number of aryl methyl sites for hydroxylation is 1. The lowest BCUT2D eigenvalue weighted by Crippen LogP contribution is -2.44. The highest BCUT2D eigenvalue weighted by Gasteiger charge is 2.37. The number of anilines is 1. The molecule has 1 aliphatic rings. The molecule has 1 amide bonds. The van der Waals surface area contributed by atoms with Crippen LogP contribution in [-0.2, 0) is 4.79 Å². The summed E-state index contributed by atoms with van der Waals surface area (Å²) < 4.78 is 13.8. The summed E-state index contributed by atoms with van der Waals surface area (Å²) in [5.74, 6) is -0.423. The van der Waals surface area contributed by atoms with Crippen LogP contribution in [-0.4, -0.2) is 19.0 Å². The van der Waals surface area contributed by atoms with Crippen molar-refractivity contribution in [2.75, 3.05) is 18.4 Å². The van der Waals surface area contributed by atoms with Crippen LogP contribution in [0.1, 0.15) is 31.7 Å². The number of halogens is 1. The Morgan fingerprint density at radius 1 is 1.42 bits per heavy atom. The predicted molar refractivity (Wildman–Crippen MR) is 74.6 cm³/mol. The molecule has 1 fully saturated rings. The van der Waals surface area contributed by atoms with Crippen molar-refractivity contribution in [2.24, 2.45) is 5.41 Å². The van der Waals surface area contributed by atoms with Crippen molar-refractivity contribution in [3.05, 3.63) is 29.6 Å². The fourth-order valence-electron chi connectivity index (χ4n) is 2.62. The first-order valence-electron chi connectivity index (χ1n) is 6.86. The zero-order valence-electron chi connectivity index (χ0n) is 11.6. The average Bonchev–Trinajstić information content (AvgIpc) is 2.42. The van der Waals surface area contributed by atoms with Crippen molar-refractivity contribution >= 4 is 11.6 Å². The van der Waals surface area contributed by atoms with Gasteiger partial charge in [-0.1, -0.05) is 13.0 Å². The molecule has 1 aromatic rings. The summed E-state index contributed by atoms with van der Waals surface area (Å²) in [7, 11) is 0. The number of amides is 1. The van der Waals surface area contributed by atoms with E-state index in [-0.39, 0.29) is 22.8 Å². The van der Waals surface area contributed by atoms with E-state index in [1.165, 1.54) is 6.07 Å². The molecule has 2 N–H and O–H groups in total. The van der Waals surface area contributed by atoms with Gasteiger partial charge >= 0.3 is 0 Å². The zero-order chi connectivity index (χ0) is 13.9. The van der Waals surface area contributed by atoms with Crippen LogP contribution in [0.4, 0.5) is 10.1 Å². The van der Waals surface area contributed by atoms with Crippen LogP contribution < -0.4 is 10.6 Å². The van der Waals surface area contributed by atoms with Gasteiger partial charge in [0.05, 0.1) is 11.1 Å². The van der Waals surface area contributed by atoms with E-state index in [2.05, 4.69) is 10.6 Å².